The summed E-state index contributed by atoms with van der Waals surface area (Å²) in [4.78, 5) is 24.4. The summed E-state index contributed by atoms with van der Waals surface area (Å²) in [5, 5.41) is 5.80. The van der Waals surface area contributed by atoms with Gasteiger partial charge in [0, 0.05) is 26.6 Å². The van der Waals surface area contributed by atoms with Crippen molar-refractivity contribution in [2.75, 3.05) is 20.1 Å². The van der Waals surface area contributed by atoms with Gasteiger partial charge in [0.15, 0.2) is 0 Å². The minimum atomic E-state index is -0.437. The van der Waals surface area contributed by atoms with Gasteiger partial charge < -0.3 is 15.5 Å². The second-order valence-electron chi connectivity index (χ2n) is 4.02. The van der Waals surface area contributed by atoms with E-state index in [4.69, 9.17) is 0 Å². The van der Waals surface area contributed by atoms with Crippen LogP contribution in [0.5, 0.6) is 0 Å². The van der Waals surface area contributed by atoms with Crippen LogP contribution in [0, 0.1) is 0 Å². The number of hydrogen-bond donors (Lipinski definition) is 2. The van der Waals surface area contributed by atoms with Crippen LogP contribution in [-0.4, -0.2) is 48.9 Å². The molecule has 2 N–H and O–H groups in total. The van der Waals surface area contributed by atoms with Gasteiger partial charge in [-0.3, -0.25) is 9.59 Å². The van der Waals surface area contributed by atoms with E-state index in [1.165, 1.54) is 6.92 Å². The van der Waals surface area contributed by atoms with Crippen LogP contribution in [-0.2, 0) is 9.59 Å². The zero-order valence-corrected chi connectivity index (χ0v) is 9.54. The van der Waals surface area contributed by atoms with Crippen molar-refractivity contribution in [2.24, 2.45) is 0 Å². The van der Waals surface area contributed by atoms with Crippen molar-refractivity contribution < 1.29 is 9.59 Å². The van der Waals surface area contributed by atoms with Crippen molar-refractivity contribution in [1.29, 1.82) is 0 Å². The molecule has 0 bridgehead atoms. The molecule has 1 aliphatic heterocycles. The second-order valence-corrected chi connectivity index (χ2v) is 4.02. The third-order valence-corrected chi connectivity index (χ3v) is 2.72. The molecule has 2 amide bonds. The van der Waals surface area contributed by atoms with Crippen LogP contribution in [0.3, 0.4) is 0 Å². The number of hydrogen-bond acceptors (Lipinski definition) is 3. The molecule has 2 atom stereocenters. The molecule has 2 unspecified atom stereocenters. The van der Waals surface area contributed by atoms with Gasteiger partial charge in [-0.05, 0) is 19.9 Å². The molecule has 1 aliphatic rings. The van der Waals surface area contributed by atoms with E-state index in [2.05, 4.69) is 10.6 Å². The zero-order valence-electron chi connectivity index (χ0n) is 9.54. The Kier molecular flexibility index (Phi) is 4.08. The topological polar surface area (TPSA) is 61.4 Å². The Bertz CT molecular complexity index is 249. The summed E-state index contributed by atoms with van der Waals surface area (Å²) in [6, 6.07) is -0.179. The molecule has 0 saturated carbocycles. The second kappa shape index (κ2) is 5.11. The number of nitrogens with zero attached hydrogens (tertiary/aromatic N) is 1. The number of likely N-dealkylation sites (N-methyl/N-ethyl adjacent to an activating group) is 1. The van der Waals surface area contributed by atoms with E-state index in [0.29, 0.717) is 0 Å². The van der Waals surface area contributed by atoms with Crippen molar-refractivity contribution in [2.45, 2.75) is 32.4 Å². The summed E-state index contributed by atoms with van der Waals surface area (Å²) in [6.07, 6.45) is 0.981. The Morgan fingerprint density at radius 3 is 2.67 bits per heavy atom. The van der Waals surface area contributed by atoms with E-state index in [0.717, 1.165) is 19.5 Å². The Morgan fingerprint density at radius 2 is 2.20 bits per heavy atom. The summed E-state index contributed by atoms with van der Waals surface area (Å²) < 4.78 is 0. The van der Waals surface area contributed by atoms with Gasteiger partial charge >= 0.3 is 0 Å². The fourth-order valence-corrected chi connectivity index (χ4v) is 1.82. The first kappa shape index (κ1) is 12.0. The molecule has 0 aromatic carbocycles. The van der Waals surface area contributed by atoms with Crippen LogP contribution in [0.4, 0.5) is 0 Å². The number of amides is 2. The number of carbonyl (C=O) groups is 2. The maximum absolute atomic E-state index is 11.8. The quantitative estimate of drug-likeness (QED) is 0.653. The standard InChI is InChI=1S/C10H19N3O2/c1-7(12-8(2)14)10(15)13(3)9-4-5-11-6-9/h7,9,11H,4-6H2,1-3H3,(H,12,14). The Balaban J connectivity index is 2.47. The highest BCUT2D eigenvalue weighted by atomic mass is 16.2. The lowest BCUT2D eigenvalue weighted by molar-refractivity contribution is -0.135. The first-order chi connectivity index (χ1) is 7.02. The van der Waals surface area contributed by atoms with Crippen molar-refractivity contribution in [1.82, 2.24) is 15.5 Å². The van der Waals surface area contributed by atoms with Crippen molar-refractivity contribution >= 4 is 11.8 Å². The van der Waals surface area contributed by atoms with Crippen LogP contribution >= 0.6 is 0 Å². The summed E-state index contributed by atoms with van der Waals surface area (Å²) >= 11 is 0. The SMILES string of the molecule is CC(=O)NC(C)C(=O)N(C)C1CCNC1. The molecule has 15 heavy (non-hydrogen) atoms. The molecule has 0 aromatic heterocycles. The average molecular weight is 213 g/mol. The third-order valence-electron chi connectivity index (χ3n) is 2.72. The highest BCUT2D eigenvalue weighted by molar-refractivity contribution is 5.86. The van der Waals surface area contributed by atoms with Crippen LogP contribution in [0.1, 0.15) is 20.3 Å². The largest absolute Gasteiger partial charge is 0.345 e. The monoisotopic (exact) mass is 213 g/mol. The zero-order chi connectivity index (χ0) is 11.4. The van der Waals surface area contributed by atoms with E-state index in [-0.39, 0.29) is 17.9 Å². The van der Waals surface area contributed by atoms with Crippen molar-refractivity contribution in [3.63, 3.8) is 0 Å². The molecule has 0 radical (unpaired) electrons. The van der Waals surface area contributed by atoms with E-state index in [9.17, 15) is 9.59 Å². The molecule has 1 fully saturated rings. The minimum Gasteiger partial charge on any atom is -0.345 e. The molecule has 1 heterocycles. The van der Waals surface area contributed by atoms with Crippen LogP contribution in [0.2, 0.25) is 0 Å². The van der Waals surface area contributed by atoms with Crippen LogP contribution in [0.15, 0.2) is 0 Å². The van der Waals surface area contributed by atoms with Gasteiger partial charge in [0.25, 0.3) is 0 Å². The molecular formula is C10H19N3O2. The number of nitrogens with one attached hydrogen (secondary N) is 2. The molecule has 1 rings (SSSR count). The highest BCUT2D eigenvalue weighted by Gasteiger charge is 2.26. The predicted molar refractivity (Wildman–Crippen MR) is 57.3 cm³/mol. The fourth-order valence-electron chi connectivity index (χ4n) is 1.82. The summed E-state index contributed by atoms with van der Waals surface area (Å²) in [7, 11) is 1.79. The number of carbonyl (C=O) groups excluding carboxylic acids is 2. The first-order valence-corrected chi connectivity index (χ1v) is 5.27. The van der Waals surface area contributed by atoms with Gasteiger partial charge in [0.1, 0.15) is 6.04 Å². The smallest absolute Gasteiger partial charge is 0.244 e. The van der Waals surface area contributed by atoms with Crippen molar-refractivity contribution in [3.8, 4) is 0 Å². The van der Waals surface area contributed by atoms with E-state index >= 15 is 0 Å². The maximum Gasteiger partial charge on any atom is 0.244 e. The summed E-state index contributed by atoms with van der Waals surface area (Å²) in [5.74, 6) is -0.201. The number of rotatable bonds is 3. The molecule has 1 saturated heterocycles. The first-order valence-electron chi connectivity index (χ1n) is 5.27. The molecular weight excluding hydrogens is 194 g/mol. The van der Waals surface area contributed by atoms with Gasteiger partial charge in [-0.15, -0.1) is 0 Å². The van der Waals surface area contributed by atoms with Gasteiger partial charge in [0.2, 0.25) is 11.8 Å². The normalized spacial score (nSPS) is 22.2. The third kappa shape index (κ3) is 3.20. The Hall–Kier alpha value is -1.10. The lowest BCUT2D eigenvalue weighted by Gasteiger charge is -2.26. The average Bonchev–Trinajstić information content (AvgIpc) is 2.67. The van der Waals surface area contributed by atoms with Gasteiger partial charge in [-0.2, -0.15) is 0 Å². The lowest BCUT2D eigenvalue weighted by Crippen LogP contribution is -2.49. The van der Waals surface area contributed by atoms with Crippen molar-refractivity contribution in [3.05, 3.63) is 0 Å². The van der Waals surface area contributed by atoms with E-state index in [1.807, 2.05) is 0 Å². The van der Waals surface area contributed by atoms with Gasteiger partial charge in [0.05, 0.1) is 0 Å². The van der Waals surface area contributed by atoms with Gasteiger partial charge in [-0.1, -0.05) is 0 Å². The summed E-state index contributed by atoms with van der Waals surface area (Å²) in [5.41, 5.74) is 0. The molecule has 5 heteroatoms. The lowest BCUT2D eigenvalue weighted by atomic mass is 10.2. The highest BCUT2D eigenvalue weighted by Crippen LogP contribution is 2.07. The minimum absolute atomic E-state index is 0.0288. The Labute approximate surface area is 90.2 Å². The molecule has 0 aromatic rings. The van der Waals surface area contributed by atoms with Crippen LogP contribution in [0.25, 0.3) is 0 Å². The van der Waals surface area contributed by atoms with E-state index in [1.54, 1.807) is 18.9 Å². The van der Waals surface area contributed by atoms with Gasteiger partial charge in [-0.25, -0.2) is 0 Å². The fraction of sp³-hybridized carbons (Fsp3) is 0.800. The molecule has 0 spiro atoms. The summed E-state index contributed by atoms with van der Waals surface area (Å²) in [6.45, 7) is 4.93. The van der Waals surface area contributed by atoms with Crippen LogP contribution < -0.4 is 10.6 Å². The maximum atomic E-state index is 11.8. The molecule has 86 valence electrons. The Morgan fingerprint density at radius 1 is 1.53 bits per heavy atom. The van der Waals surface area contributed by atoms with E-state index < -0.39 is 6.04 Å². The molecule has 5 nitrogen and oxygen atoms in total. The molecule has 0 aliphatic carbocycles. The predicted octanol–water partition coefficient (Wildman–Crippen LogP) is -0.669.